The number of benzene rings is 3. The van der Waals surface area contributed by atoms with Crippen LogP contribution in [-0.4, -0.2) is 65.8 Å². The first kappa shape index (κ1) is 30.8. The predicted molar refractivity (Wildman–Crippen MR) is 174 cm³/mol. The summed E-state index contributed by atoms with van der Waals surface area (Å²) in [5.74, 6) is 1.36. The lowest BCUT2D eigenvalue weighted by Gasteiger charge is -2.39. The first-order valence-corrected chi connectivity index (χ1v) is 15.9. The molecule has 0 aliphatic carbocycles. The molecule has 0 aromatic heterocycles. The minimum atomic E-state index is -0.195. The van der Waals surface area contributed by atoms with Gasteiger partial charge in [0.1, 0.15) is 0 Å². The Morgan fingerprint density at radius 2 is 1.45 bits per heavy atom. The molecule has 3 aliphatic rings. The van der Waals surface area contributed by atoms with E-state index in [9.17, 15) is 9.59 Å². The Morgan fingerprint density at radius 1 is 0.810 bits per heavy atom. The van der Waals surface area contributed by atoms with Gasteiger partial charge in [0, 0.05) is 49.5 Å². The van der Waals surface area contributed by atoms with Crippen LogP contribution in [-0.2, 0) is 22.6 Å². The van der Waals surface area contributed by atoms with Crippen molar-refractivity contribution in [1.82, 2.24) is 14.7 Å². The number of aryl methyl sites for hydroxylation is 1. The van der Waals surface area contributed by atoms with Crippen molar-refractivity contribution >= 4 is 40.2 Å². The summed E-state index contributed by atoms with van der Waals surface area (Å²) in [5, 5.41) is 0. The monoisotopic (exact) mass is 649 g/mol. The Kier molecular flexibility index (Phi) is 10.1. The molecular formula is C35H41BrClN3O2. The van der Waals surface area contributed by atoms with Crippen LogP contribution in [0, 0.1) is 11.3 Å². The highest BCUT2D eigenvalue weighted by atomic mass is 79.9. The van der Waals surface area contributed by atoms with Crippen LogP contribution >= 0.6 is 28.3 Å². The maximum atomic E-state index is 13.6. The van der Waals surface area contributed by atoms with Crippen molar-refractivity contribution in [3.05, 3.63) is 106 Å². The van der Waals surface area contributed by atoms with Crippen molar-refractivity contribution in [2.24, 2.45) is 11.3 Å². The minimum absolute atomic E-state index is 0. The Labute approximate surface area is 264 Å². The number of rotatable bonds is 8. The summed E-state index contributed by atoms with van der Waals surface area (Å²) in [7, 11) is 0. The van der Waals surface area contributed by atoms with Gasteiger partial charge in [0.2, 0.25) is 11.8 Å². The van der Waals surface area contributed by atoms with E-state index in [1.54, 1.807) is 0 Å². The smallest absolute Gasteiger partial charge is 0.229 e. The highest BCUT2D eigenvalue weighted by Gasteiger charge is 2.48. The van der Waals surface area contributed by atoms with Crippen LogP contribution in [0.1, 0.15) is 48.3 Å². The van der Waals surface area contributed by atoms with Crippen LogP contribution in [0.5, 0.6) is 0 Å². The van der Waals surface area contributed by atoms with Gasteiger partial charge in [0.05, 0.1) is 5.41 Å². The fourth-order valence-electron chi connectivity index (χ4n) is 7.20. The van der Waals surface area contributed by atoms with E-state index >= 15 is 0 Å². The van der Waals surface area contributed by atoms with E-state index in [4.69, 9.17) is 0 Å². The number of amides is 2. The van der Waals surface area contributed by atoms with E-state index < -0.39 is 0 Å². The number of hydrogen-bond donors (Lipinski definition) is 0. The molecule has 2 amide bonds. The number of halogens is 2. The molecule has 0 N–H and O–H groups in total. The lowest BCUT2D eigenvalue weighted by atomic mass is 9.76. The number of likely N-dealkylation sites (tertiary alicyclic amines) is 3. The molecule has 3 heterocycles. The van der Waals surface area contributed by atoms with Gasteiger partial charge in [-0.05, 0) is 73.5 Å². The first-order valence-electron chi connectivity index (χ1n) is 15.1. The Hall–Kier alpha value is -2.67. The molecule has 2 unspecified atom stereocenters. The van der Waals surface area contributed by atoms with Gasteiger partial charge in [0.25, 0.3) is 0 Å². The van der Waals surface area contributed by atoms with Crippen molar-refractivity contribution < 1.29 is 9.59 Å². The molecule has 0 saturated carbocycles. The molecule has 5 nitrogen and oxygen atoms in total. The molecule has 6 rings (SSSR count). The molecule has 2 atom stereocenters. The van der Waals surface area contributed by atoms with Crippen molar-refractivity contribution in [2.45, 2.75) is 44.6 Å². The molecule has 0 bridgehead atoms. The van der Waals surface area contributed by atoms with Gasteiger partial charge >= 0.3 is 0 Å². The van der Waals surface area contributed by atoms with E-state index in [0.29, 0.717) is 30.7 Å². The van der Waals surface area contributed by atoms with E-state index in [0.717, 1.165) is 69.4 Å². The van der Waals surface area contributed by atoms with Crippen molar-refractivity contribution in [3.63, 3.8) is 0 Å². The number of carbonyl (C=O) groups is 2. The lowest BCUT2D eigenvalue weighted by Crippen LogP contribution is -2.46. The molecule has 3 aromatic rings. The fourth-order valence-corrected chi connectivity index (χ4v) is 7.47. The van der Waals surface area contributed by atoms with E-state index in [1.165, 1.54) is 16.7 Å². The maximum Gasteiger partial charge on any atom is 0.229 e. The van der Waals surface area contributed by atoms with E-state index in [2.05, 4.69) is 85.2 Å². The molecule has 3 aliphatic heterocycles. The van der Waals surface area contributed by atoms with Crippen LogP contribution in [0.4, 0.5) is 0 Å². The third-order valence-corrected chi connectivity index (χ3v) is 10.2. The number of carbonyl (C=O) groups excluding carboxylic acids is 2. The molecule has 3 saturated heterocycles. The third kappa shape index (κ3) is 6.93. The molecule has 1 spiro atoms. The summed E-state index contributed by atoms with van der Waals surface area (Å²) in [5.41, 5.74) is 3.54. The van der Waals surface area contributed by atoms with Gasteiger partial charge in [-0.15, -0.1) is 12.4 Å². The second kappa shape index (κ2) is 13.7. The summed E-state index contributed by atoms with van der Waals surface area (Å²) in [6, 6.07) is 29.3. The quantitative estimate of drug-likeness (QED) is 0.278. The van der Waals surface area contributed by atoms with Crippen molar-refractivity contribution in [1.29, 1.82) is 0 Å². The Balaban J connectivity index is 0.00000353. The normalized spacial score (nSPS) is 22.0. The molecule has 7 heteroatoms. The van der Waals surface area contributed by atoms with Gasteiger partial charge in [-0.2, -0.15) is 0 Å². The summed E-state index contributed by atoms with van der Waals surface area (Å²) in [6.07, 6.45) is 4.19. The topological polar surface area (TPSA) is 43.9 Å². The maximum absolute atomic E-state index is 13.6. The second-order valence-corrected chi connectivity index (χ2v) is 13.2. The van der Waals surface area contributed by atoms with Gasteiger partial charge in [-0.3, -0.25) is 9.59 Å². The standard InChI is InChI=1S/C35H40BrN3O2.ClH/c36-31-14-11-28(12-15-31)23-38-22-19-35(34(38)41)17-20-37(21-18-35)24-30-25-39(26-32(30)29-9-5-2-6-10-29)33(40)16-13-27-7-3-1-4-8-27;/h1-12,14-15,30,32H,13,16-26H2;1H. The molecule has 0 radical (unpaired) electrons. The van der Waals surface area contributed by atoms with Crippen LogP contribution < -0.4 is 0 Å². The molecular weight excluding hydrogens is 610 g/mol. The highest BCUT2D eigenvalue weighted by Crippen LogP contribution is 2.43. The van der Waals surface area contributed by atoms with Gasteiger partial charge < -0.3 is 14.7 Å². The summed E-state index contributed by atoms with van der Waals surface area (Å²) in [6.45, 7) is 6.06. The Bertz CT molecular complexity index is 1330. The van der Waals surface area contributed by atoms with Crippen LogP contribution in [0.3, 0.4) is 0 Å². The largest absolute Gasteiger partial charge is 0.342 e. The average molecular weight is 651 g/mol. The zero-order chi connectivity index (χ0) is 28.2. The summed E-state index contributed by atoms with van der Waals surface area (Å²) in [4.78, 5) is 33.6. The van der Waals surface area contributed by atoms with Gasteiger partial charge in [0.15, 0.2) is 0 Å². The predicted octanol–water partition coefficient (Wildman–Crippen LogP) is 6.56. The molecule has 3 fully saturated rings. The van der Waals surface area contributed by atoms with E-state index in [-0.39, 0.29) is 23.7 Å². The SMILES string of the molecule is Cl.O=C(CCc1ccccc1)N1CC(CN2CCC3(CC2)CCN(Cc2ccc(Br)cc2)C3=O)C(c2ccccc2)C1. The van der Waals surface area contributed by atoms with Crippen LogP contribution in [0.25, 0.3) is 0 Å². The summed E-state index contributed by atoms with van der Waals surface area (Å²) >= 11 is 3.50. The summed E-state index contributed by atoms with van der Waals surface area (Å²) < 4.78 is 1.06. The molecule has 3 aromatic carbocycles. The third-order valence-electron chi connectivity index (χ3n) is 9.69. The lowest BCUT2D eigenvalue weighted by molar-refractivity contribution is -0.139. The van der Waals surface area contributed by atoms with Crippen LogP contribution in [0.2, 0.25) is 0 Å². The number of nitrogens with zero attached hydrogens (tertiary/aromatic N) is 3. The van der Waals surface area contributed by atoms with Crippen molar-refractivity contribution in [3.8, 4) is 0 Å². The zero-order valence-electron chi connectivity index (χ0n) is 24.2. The fraction of sp³-hybridized carbons (Fsp3) is 0.429. The highest BCUT2D eigenvalue weighted by molar-refractivity contribution is 9.10. The van der Waals surface area contributed by atoms with Gasteiger partial charge in [-0.1, -0.05) is 88.7 Å². The minimum Gasteiger partial charge on any atom is -0.342 e. The van der Waals surface area contributed by atoms with Crippen LogP contribution in [0.15, 0.2) is 89.4 Å². The molecule has 222 valence electrons. The number of hydrogen-bond acceptors (Lipinski definition) is 3. The van der Waals surface area contributed by atoms with Gasteiger partial charge in [-0.25, -0.2) is 0 Å². The second-order valence-electron chi connectivity index (χ2n) is 12.2. The number of piperidine rings is 1. The first-order chi connectivity index (χ1) is 20.0. The average Bonchev–Trinajstić information content (AvgIpc) is 3.56. The van der Waals surface area contributed by atoms with Crippen molar-refractivity contribution in [2.75, 3.05) is 39.3 Å². The Morgan fingerprint density at radius 3 is 2.14 bits per heavy atom. The molecule has 42 heavy (non-hydrogen) atoms. The zero-order valence-corrected chi connectivity index (χ0v) is 26.6. The van der Waals surface area contributed by atoms with E-state index in [1.807, 2.05) is 30.3 Å².